The van der Waals surface area contributed by atoms with E-state index in [1.54, 1.807) is 19.2 Å². The van der Waals surface area contributed by atoms with E-state index in [1.165, 1.54) is 0 Å². The summed E-state index contributed by atoms with van der Waals surface area (Å²) >= 11 is 0. The lowest BCUT2D eigenvalue weighted by molar-refractivity contribution is 0.0947. The number of pyridine rings is 1. The van der Waals surface area contributed by atoms with Crippen LogP contribution in [0.3, 0.4) is 0 Å². The second-order valence-electron chi connectivity index (χ2n) is 5.08. The van der Waals surface area contributed by atoms with Crippen molar-refractivity contribution in [2.45, 2.75) is 13.5 Å². The van der Waals surface area contributed by atoms with Crippen LogP contribution in [0.1, 0.15) is 21.6 Å². The van der Waals surface area contributed by atoms with Crippen molar-refractivity contribution in [2.75, 3.05) is 7.11 Å². The minimum absolute atomic E-state index is 0.175. The molecular formula is C17H17N3O2. The third-order valence-electron chi connectivity index (χ3n) is 3.45. The molecule has 112 valence electrons. The van der Waals surface area contributed by atoms with Crippen LogP contribution in [0.25, 0.3) is 5.65 Å². The number of hydrogen-bond acceptors (Lipinski definition) is 3. The van der Waals surface area contributed by atoms with E-state index in [-0.39, 0.29) is 5.91 Å². The molecule has 0 aliphatic rings. The van der Waals surface area contributed by atoms with Crippen molar-refractivity contribution in [3.63, 3.8) is 0 Å². The van der Waals surface area contributed by atoms with Gasteiger partial charge in [0.2, 0.25) is 0 Å². The lowest BCUT2D eigenvalue weighted by atomic mass is 10.2. The van der Waals surface area contributed by atoms with E-state index in [0.29, 0.717) is 17.9 Å². The molecular weight excluding hydrogens is 278 g/mol. The average Bonchev–Trinajstić information content (AvgIpc) is 2.94. The Kier molecular flexibility index (Phi) is 3.78. The van der Waals surface area contributed by atoms with Gasteiger partial charge in [-0.05, 0) is 36.8 Å². The lowest BCUT2D eigenvalue weighted by Gasteiger charge is -2.07. The molecule has 22 heavy (non-hydrogen) atoms. The van der Waals surface area contributed by atoms with Gasteiger partial charge in [-0.1, -0.05) is 12.1 Å². The van der Waals surface area contributed by atoms with E-state index in [4.69, 9.17) is 4.74 Å². The third-order valence-corrected chi connectivity index (χ3v) is 3.45. The van der Waals surface area contributed by atoms with Gasteiger partial charge >= 0.3 is 0 Å². The van der Waals surface area contributed by atoms with Gasteiger partial charge in [0.15, 0.2) is 0 Å². The summed E-state index contributed by atoms with van der Waals surface area (Å²) in [6.07, 6.45) is 3.88. The highest BCUT2D eigenvalue weighted by molar-refractivity contribution is 5.96. The molecule has 5 nitrogen and oxygen atoms in total. The highest BCUT2D eigenvalue weighted by Crippen LogP contribution is 2.17. The number of imidazole rings is 1. The van der Waals surface area contributed by atoms with Gasteiger partial charge in [0, 0.05) is 12.4 Å². The summed E-state index contributed by atoms with van der Waals surface area (Å²) in [6, 6.07) is 11.2. The van der Waals surface area contributed by atoms with Crippen molar-refractivity contribution in [1.29, 1.82) is 0 Å². The SMILES string of the molecule is COc1ccccc1C(=O)NCc1cn2ccc(C)cc2n1. The molecule has 1 amide bonds. The van der Waals surface area contributed by atoms with Crippen molar-refractivity contribution >= 4 is 11.6 Å². The number of methoxy groups -OCH3 is 1. The second kappa shape index (κ2) is 5.89. The van der Waals surface area contributed by atoms with Crippen LogP contribution in [-0.2, 0) is 6.54 Å². The minimum atomic E-state index is -0.175. The van der Waals surface area contributed by atoms with Crippen LogP contribution in [-0.4, -0.2) is 22.4 Å². The third kappa shape index (κ3) is 2.79. The molecule has 0 fully saturated rings. The maximum Gasteiger partial charge on any atom is 0.255 e. The molecule has 0 spiro atoms. The maximum atomic E-state index is 12.2. The molecule has 3 aromatic rings. The Morgan fingerprint density at radius 1 is 1.32 bits per heavy atom. The van der Waals surface area contributed by atoms with Gasteiger partial charge in [0.05, 0.1) is 24.9 Å². The van der Waals surface area contributed by atoms with Crippen molar-refractivity contribution in [1.82, 2.24) is 14.7 Å². The van der Waals surface area contributed by atoms with Gasteiger partial charge in [-0.2, -0.15) is 0 Å². The topological polar surface area (TPSA) is 55.6 Å². The van der Waals surface area contributed by atoms with Crippen molar-refractivity contribution < 1.29 is 9.53 Å². The van der Waals surface area contributed by atoms with Gasteiger partial charge in [-0.3, -0.25) is 4.79 Å². The van der Waals surface area contributed by atoms with Crippen LogP contribution >= 0.6 is 0 Å². The first-order valence-electron chi connectivity index (χ1n) is 7.03. The Morgan fingerprint density at radius 3 is 2.95 bits per heavy atom. The fourth-order valence-electron chi connectivity index (χ4n) is 2.32. The summed E-state index contributed by atoms with van der Waals surface area (Å²) in [5.41, 5.74) is 3.36. The van der Waals surface area contributed by atoms with Crippen LogP contribution in [0, 0.1) is 6.92 Å². The Balaban J connectivity index is 1.74. The molecule has 0 atom stereocenters. The molecule has 2 aromatic heterocycles. The number of nitrogens with one attached hydrogen (secondary N) is 1. The van der Waals surface area contributed by atoms with E-state index in [0.717, 1.165) is 16.9 Å². The van der Waals surface area contributed by atoms with E-state index < -0.39 is 0 Å². The molecule has 0 aliphatic heterocycles. The first-order chi connectivity index (χ1) is 10.7. The average molecular weight is 295 g/mol. The number of fused-ring (bicyclic) bond motifs is 1. The van der Waals surface area contributed by atoms with Gasteiger partial charge in [0.25, 0.3) is 5.91 Å². The zero-order chi connectivity index (χ0) is 15.5. The maximum absolute atomic E-state index is 12.2. The number of para-hydroxylation sites is 1. The number of carbonyl (C=O) groups excluding carboxylic acids is 1. The van der Waals surface area contributed by atoms with E-state index in [1.807, 2.05) is 48.0 Å². The summed E-state index contributed by atoms with van der Waals surface area (Å²) in [4.78, 5) is 16.7. The molecule has 0 bridgehead atoms. The smallest absolute Gasteiger partial charge is 0.255 e. The van der Waals surface area contributed by atoms with E-state index >= 15 is 0 Å². The molecule has 2 heterocycles. The van der Waals surface area contributed by atoms with E-state index in [9.17, 15) is 4.79 Å². The molecule has 5 heteroatoms. The van der Waals surface area contributed by atoms with Gasteiger partial charge in [-0.25, -0.2) is 4.98 Å². The Bertz CT molecular complexity index is 824. The molecule has 0 saturated carbocycles. The fourth-order valence-corrected chi connectivity index (χ4v) is 2.32. The highest BCUT2D eigenvalue weighted by atomic mass is 16.5. The summed E-state index contributed by atoms with van der Waals surface area (Å²) in [5.74, 6) is 0.385. The minimum Gasteiger partial charge on any atom is -0.496 e. The number of carbonyl (C=O) groups is 1. The van der Waals surface area contributed by atoms with Crippen molar-refractivity contribution in [2.24, 2.45) is 0 Å². The summed E-state index contributed by atoms with van der Waals surface area (Å²) in [6.45, 7) is 2.40. The molecule has 0 radical (unpaired) electrons. The monoisotopic (exact) mass is 295 g/mol. The van der Waals surface area contributed by atoms with Crippen LogP contribution in [0.15, 0.2) is 48.8 Å². The summed E-state index contributed by atoms with van der Waals surface area (Å²) in [5, 5.41) is 2.87. The van der Waals surface area contributed by atoms with Crippen LogP contribution in [0.4, 0.5) is 0 Å². The molecule has 0 aliphatic carbocycles. The van der Waals surface area contributed by atoms with Crippen molar-refractivity contribution in [3.8, 4) is 5.75 Å². The molecule has 3 rings (SSSR count). The second-order valence-corrected chi connectivity index (χ2v) is 5.08. The predicted molar refractivity (Wildman–Crippen MR) is 84.1 cm³/mol. The van der Waals surface area contributed by atoms with Crippen molar-refractivity contribution in [3.05, 3.63) is 65.6 Å². The van der Waals surface area contributed by atoms with Crippen LogP contribution in [0.2, 0.25) is 0 Å². The molecule has 0 unspecified atom stereocenters. The van der Waals surface area contributed by atoms with Crippen LogP contribution in [0.5, 0.6) is 5.75 Å². The normalized spacial score (nSPS) is 10.6. The predicted octanol–water partition coefficient (Wildman–Crippen LogP) is 2.58. The number of rotatable bonds is 4. The number of amides is 1. The number of nitrogens with zero attached hydrogens (tertiary/aromatic N) is 2. The highest BCUT2D eigenvalue weighted by Gasteiger charge is 2.11. The standard InChI is InChI=1S/C17H17N3O2/c1-12-7-8-20-11-13(19-16(20)9-12)10-18-17(21)14-5-3-4-6-15(14)22-2/h3-9,11H,10H2,1-2H3,(H,18,21). The number of benzene rings is 1. The summed E-state index contributed by atoms with van der Waals surface area (Å²) in [7, 11) is 1.55. The first kappa shape index (κ1) is 14.1. The summed E-state index contributed by atoms with van der Waals surface area (Å²) < 4.78 is 7.14. The zero-order valence-corrected chi connectivity index (χ0v) is 12.5. The lowest BCUT2D eigenvalue weighted by Crippen LogP contribution is -2.23. The largest absolute Gasteiger partial charge is 0.496 e. The Morgan fingerprint density at radius 2 is 2.14 bits per heavy atom. The van der Waals surface area contributed by atoms with Gasteiger partial charge in [0.1, 0.15) is 11.4 Å². The van der Waals surface area contributed by atoms with E-state index in [2.05, 4.69) is 10.3 Å². The molecule has 1 N–H and O–H groups in total. The number of aryl methyl sites for hydroxylation is 1. The fraction of sp³-hybridized carbons (Fsp3) is 0.176. The quantitative estimate of drug-likeness (QED) is 0.805. The van der Waals surface area contributed by atoms with Gasteiger partial charge < -0.3 is 14.5 Å². The number of ether oxygens (including phenoxy) is 1. The van der Waals surface area contributed by atoms with Crippen LogP contribution < -0.4 is 10.1 Å². The molecule has 0 saturated heterocycles. The molecule has 1 aromatic carbocycles. The Hall–Kier alpha value is -2.82. The Labute approximate surface area is 128 Å². The number of aromatic nitrogens is 2. The first-order valence-corrected chi connectivity index (χ1v) is 7.03. The zero-order valence-electron chi connectivity index (χ0n) is 12.5. The van der Waals surface area contributed by atoms with Gasteiger partial charge in [-0.15, -0.1) is 0 Å². The number of hydrogen-bond donors (Lipinski definition) is 1.